The van der Waals surface area contributed by atoms with Crippen molar-refractivity contribution >= 4 is 29.0 Å². The number of nitrogens with zero attached hydrogens (tertiary/aromatic N) is 1. The minimum Gasteiger partial charge on any atom is -0.377 e. The van der Waals surface area contributed by atoms with Crippen LogP contribution in [0, 0.1) is 16.7 Å². The van der Waals surface area contributed by atoms with Gasteiger partial charge in [-0.05, 0) is 18.2 Å². The molecule has 0 saturated carbocycles. The lowest BCUT2D eigenvalue weighted by Gasteiger charge is -2.33. The van der Waals surface area contributed by atoms with E-state index in [0.29, 0.717) is 10.6 Å². The summed E-state index contributed by atoms with van der Waals surface area (Å²) in [7, 11) is 0. The number of carbonyl (C=O) groups excluding carboxylic acids is 1. The maximum atomic E-state index is 12.1. The average Bonchev–Trinajstić information content (AvgIpc) is 2.16. The molecule has 0 amide bonds. The Morgan fingerprint density at radius 2 is 2.12 bits per heavy atom. The van der Waals surface area contributed by atoms with Crippen LogP contribution in [0.1, 0.15) is 10.4 Å². The first-order valence-electron chi connectivity index (χ1n) is 4.58. The van der Waals surface area contributed by atoms with Gasteiger partial charge in [-0.3, -0.25) is 4.79 Å². The number of hydrogen-bond donors (Lipinski definition) is 0. The second kappa shape index (κ2) is 4.06. The predicted octanol–water partition coefficient (Wildman–Crippen LogP) is 2.72. The first-order chi connectivity index (χ1) is 7.59. The van der Waals surface area contributed by atoms with Crippen LogP contribution in [0.25, 0.3) is 0 Å². The number of ketones is 1. The first kappa shape index (κ1) is 11.4. The number of rotatable bonds is 2. The van der Waals surface area contributed by atoms with E-state index in [2.05, 4.69) is 0 Å². The molecule has 1 aliphatic rings. The topological polar surface area (TPSA) is 50.1 Å². The summed E-state index contributed by atoms with van der Waals surface area (Å²) in [6.07, 6.45) is 0. The van der Waals surface area contributed by atoms with Gasteiger partial charge < -0.3 is 4.74 Å². The summed E-state index contributed by atoms with van der Waals surface area (Å²) < 4.78 is 4.92. The molecule has 0 radical (unpaired) electrons. The molecule has 1 fully saturated rings. The monoisotopic (exact) mass is 255 g/mol. The highest BCUT2D eigenvalue weighted by molar-refractivity contribution is 6.37. The van der Waals surface area contributed by atoms with Gasteiger partial charge in [0, 0.05) is 10.6 Å². The number of ether oxygens (including phenoxy) is 1. The SMILES string of the molecule is N#CC1(C(=O)c2ccc(Cl)cc2Cl)COC1. The van der Waals surface area contributed by atoms with Crippen molar-refractivity contribution in [3.63, 3.8) is 0 Å². The standard InChI is InChI=1S/C11H7Cl2NO2/c12-7-1-2-8(9(13)3-7)10(15)11(4-14)5-16-6-11/h1-3H,5-6H2. The Morgan fingerprint density at radius 1 is 1.44 bits per heavy atom. The molecule has 0 bridgehead atoms. The van der Waals surface area contributed by atoms with E-state index < -0.39 is 5.41 Å². The second-order valence-corrected chi connectivity index (χ2v) is 4.48. The maximum absolute atomic E-state index is 12.1. The molecule has 5 heteroatoms. The fraction of sp³-hybridized carbons (Fsp3) is 0.273. The van der Waals surface area contributed by atoms with E-state index in [-0.39, 0.29) is 24.0 Å². The fourth-order valence-corrected chi connectivity index (χ4v) is 1.98. The van der Waals surface area contributed by atoms with E-state index in [4.69, 9.17) is 33.2 Å². The minimum atomic E-state index is -1.07. The molecule has 2 rings (SSSR count). The van der Waals surface area contributed by atoms with Gasteiger partial charge in [0.25, 0.3) is 0 Å². The number of Topliss-reactive ketones (excluding diaryl/α,β-unsaturated/α-hetero) is 1. The van der Waals surface area contributed by atoms with Crippen molar-refractivity contribution in [3.8, 4) is 6.07 Å². The highest BCUT2D eigenvalue weighted by Crippen LogP contribution is 2.33. The van der Waals surface area contributed by atoms with Crippen LogP contribution in [0.15, 0.2) is 18.2 Å². The van der Waals surface area contributed by atoms with Crippen LogP contribution in [0.3, 0.4) is 0 Å². The number of halogens is 2. The number of benzene rings is 1. The van der Waals surface area contributed by atoms with Crippen molar-refractivity contribution in [2.45, 2.75) is 0 Å². The van der Waals surface area contributed by atoms with Crippen molar-refractivity contribution in [2.24, 2.45) is 5.41 Å². The van der Waals surface area contributed by atoms with Gasteiger partial charge in [-0.25, -0.2) is 0 Å². The van der Waals surface area contributed by atoms with Gasteiger partial charge in [0.2, 0.25) is 0 Å². The van der Waals surface area contributed by atoms with Crippen molar-refractivity contribution in [1.29, 1.82) is 5.26 Å². The van der Waals surface area contributed by atoms with Gasteiger partial charge in [0.15, 0.2) is 11.2 Å². The third kappa shape index (κ3) is 1.69. The molecule has 0 atom stereocenters. The molecule has 1 aliphatic heterocycles. The van der Waals surface area contributed by atoms with E-state index in [1.165, 1.54) is 12.1 Å². The normalized spacial score (nSPS) is 17.3. The Kier molecular flexibility index (Phi) is 2.90. The molecule has 0 unspecified atom stereocenters. The molecule has 1 heterocycles. The number of hydrogen-bond acceptors (Lipinski definition) is 3. The van der Waals surface area contributed by atoms with Crippen LogP contribution in [0.4, 0.5) is 0 Å². The van der Waals surface area contributed by atoms with Crippen molar-refractivity contribution in [1.82, 2.24) is 0 Å². The van der Waals surface area contributed by atoms with Crippen molar-refractivity contribution in [2.75, 3.05) is 13.2 Å². The summed E-state index contributed by atoms with van der Waals surface area (Å²) in [6, 6.07) is 6.58. The Bertz CT molecular complexity index is 489. The number of nitriles is 1. The smallest absolute Gasteiger partial charge is 0.189 e. The molecular formula is C11H7Cl2NO2. The maximum Gasteiger partial charge on any atom is 0.189 e. The van der Waals surface area contributed by atoms with Crippen LogP contribution in [-0.4, -0.2) is 19.0 Å². The zero-order chi connectivity index (χ0) is 11.8. The lowest BCUT2D eigenvalue weighted by molar-refractivity contribution is -0.0566. The molecule has 1 aromatic carbocycles. The largest absolute Gasteiger partial charge is 0.377 e. The molecule has 82 valence electrons. The third-order valence-electron chi connectivity index (χ3n) is 2.52. The van der Waals surface area contributed by atoms with Crippen LogP contribution < -0.4 is 0 Å². The van der Waals surface area contributed by atoms with Gasteiger partial charge in [-0.2, -0.15) is 5.26 Å². The molecular weight excluding hydrogens is 249 g/mol. The van der Waals surface area contributed by atoms with Gasteiger partial charge in [-0.1, -0.05) is 23.2 Å². The molecule has 0 aromatic heterocycles. The van der Waals surface area contributed by atoms with Gasteiger partial charge in [-0.15, -0.1) is 0 Å². The Morgan fingerprint density at radius 3 is 2.56 bits per heavy atom. The van der Waals surface area contributed by atoms with Crippen molar-refractivity contribution in [3.05, 3.63) is 33.8 Å². The molecule has 0 spiro atoms. The molecule has 0 aliphatic carbocycles. The van der Waals surface area contributed by atoms with Crippen molar-refractivity contribution < 1.29 is 9.53 Å². The average molecular weight is 256 g/mol. The van der Waals surface area contributed by atoms with Gasteiger partial charge >= 0.3 is 0 Å². The molecule has 16 heavy (non-hydrogen) atoms. The van der Waals surface area contributed by atoms with Gasteiger partial charge in [0.05, 0.1) is 24.3 Å². The predicted molar refractivity (Wildman–Crippen MR) is 59.7 cm³/mol. The quantitative estimate of drug-likeness (QED) is 0.764. The first-order valence-corrected chi connectivity index (χ1v) is 5.33. The summed E-state index contributed by atoms with van der Waals surface area (Å²) in [5.41, 5.74) is -0.756. The van der Waals surface area contributed by atoms with E-state index in [9.17, 15) is 4.79 Å². The summed E-state index contributed by atoms with van der Waals surface area (Å²) in [6.45, 7) is 0.253. The van der Waals surface area contributed by atoms with E-state index >= 15 is 0 Å². The van der Waals surface area contributed by atoms with Gasteiger partial charge in [0.1, 0.15) is 0 Å². The lowest BCUT2D eigenvalue weighted by atomic mass is 9.80. The van der Waals surface area contributed by atoms with E-state index in [0.717, 1.165) is 0 Å². The zero-order valence-electron chi connectivity index (χ0n) is 8.17. The van der Waals surface area contributed by atoms with E-state index in [1.54, 1.807) is 6.07 Å². The summed E-state index contributed by atoms with van der Waals surface area (Å²) in [5, 5.41) is 9.71. The Labute approximate surface area is 103 Å². The second-order valence-electron chi connectivity index (χ2n) is 3.64. The number of carbonyl (C=O) groups is 1. The molecule has 1 aromatic rings. The summed E-state index contributed by atoms with van der Waals surface area (Å²) >= 11 is 11.6. The third-order valence-corrected chi connectivity index (χ3v) is 3.07. The zero-order valence-corrected chi connectivity index (χ0v) is 9.68. The van der Waals surface area contributed by atoms with E-state index in [1.807, 2.05) is 6.07 Å². The summed E-state index contributed by atoms with van der Waals surface area (Å²) in [5.74, 6) is -0.303. The molecule has 1 saturated heterocycles. The molecule has 3 nitrogen and oxygen atoms in total. The highest BCUT2D eigenvalue weighted by atomic mass is 35.5. The Hall–Kier alpha value is -1.08. The van der Waals surface area contributed by atoms with Crippen LogP contribution in [-0.2, 0) is 4.74 Å². The summed E-state index contributed by atoms with van der Waals surface area (Å²) in [4.78, 5) is 12.1. The van der Waals surface area contributed by atoms with Crippen LogP contribution in [0.2, 0.25) is 10.0 Å². The van der Waals surface area contributed by atoms with Crippen LogP contribution in [0.5, 0.6) is 0 Å². The minimum absolute atomic E-state index is 0.126. The lowest BCUT2D eigenvalue weighted by Crippen LogP contribution is -2.48. The van der Waals surface area contributed by atoms with Crippen LogP contribution >= 0.6 is 23.2 Å². The molecule has 0 N–H and O–H groups in total. The fourth-order valence-electron chi connectivity index (χ4n) is 1.48. The Balaban J connectivity index is 2.38. The highest BCUT2D eigenvalue weighted by Gasteiger charge is 2.47.